The summed E-state index contributed by atoms with van der Waals surface area (Å²) < 4.78 is 6.26. The topological polar surface area (TPSA) is 72.8 Å². The minimum absolute atomic E-state index is 0.438. The van der Waals surface area contributed by atoms with E-state index in [4.69, 9.17) is 16.3 Å². The summed E-state index contributed by atoms with van der Waals surface area (Å²) in [5.74, 6) is 1.68. The molecule has 0 radical (unpaired) electrons. The maximum atomic E-state index is 6.26. The van der Waals surface area contributed by atoms with Gasteiger partial charge in [-0.3, -0.25) is 0 Å². The predicted molar refractivity (Wildman–Crippen MR) is 106 cm³/mol. The molecule has 0 aliphatic rings. The zero-order valence-electron chi connectivity index (χ0n) is 14.8. The number of nitrogens with one attached hydrogen (secondary N) is 1. The van der Waals surface area contributed by atoms with Crippen molar-refractivity contribution in [2.75, 3.05) is 12.4 Å². The number of pyridine rings is 2. The molecule has 1 N–H and O–H groups in total. The van der Waals surface area contributed by atoms with E-state index in [9.17, 15) is 0 Å². The highest BCUT2D eigenvalue weighted by molar-refractivity contribution is 6.34. The SMILES string of the molecule is CNc1nccc(-c2cccnc2Oc2c(C)ccc3c(Cl)nccc23)n1. The fourth-order valence-corrected chi connectivity index (χ4v) is 3.05. The summed E-state index contributed by atoms with van der Waals surface area (Å²) in [7, 11) is 1.77. The number of anilines is 1. The normalized spacial score (nSPS) is 10.8. The Balaban J connectivity index is 1.84. The molecule has 0 fully saturated rings. The third kappa shape index (κ3) is 3.27. The first-order valence-electron chi connectivity index (χ1n) is 8.35. The summed E-state index contributed by atoms with van der Waals surface area (Å²) in [6, 6.07) is 11.4. The van der Waals surface area contributed by atoms with Crippen molar-refractivity contribution in [2.45, 2.75) is 6.92 Å². The molecule has 7 heteroatoms. The zero-order chi connectivity index (χ0) is 18.8. The maximum Gasteiger partial charge on any atom is 0.228 e. The lowest BCUT2D eigenvalue weighted by Crippen LogP contribution is -1.99. The van der Waals surface area contributed by atoms with E-state index in [1.54, 1.807) is 25.6 Å². The lowest BCUT2D eigenvalue weighted by Gasteiger charge is -2.14. The van der Waals surface area contributed by atoms with E-state index in [1.807, 2.05) is 43.3 Å². The molecule has 0 saturated heterocycles. The van der Waals surface area contributed by atoms with Gasteiger partial charge in [0.1, 0.15) is 10.9 Å². The van der Waals surface area contributed by atoms with Crippen LogP contribution in [0.25, 0.3) is 22.0 Å². The van der Waals surface area contributed by atoms with Gasteiger partial charge in [-0.25, -0.2) is 19.9 Å². The highest BCUT2D eigenvalue weighted by Gasteiger charge is 2.15. The van der Waals surface area contributed by atoms with Crippen LogP contribution in [0.1, 0.15) is 5.56 Å². The molecule has 0 bridgehead atoms. The number of rotatable bonds is 4. The molecular weight excluding hydrogens is 362 g/mol. The molecule has 27 heavy (non-hydrogen) atoms. The largest absolute Gasteiger partial charge is 0.437 e. The Labute approximate surface area is 161 Å². The third-order valence-corrected chi connectivity index (χ3v) is 4.47. The Morgan fingerprint density at radius 3 is 2.63 bits per heavy atom. The van der Waals surface area contributed by atoms with E-state index in [-0.39, 0.29) is 0 Å². The van der Waals surface area contributed by atoms with Crippen molar-refractivity contribution in [3.63, 3.8) is 0 Å². The third-order valence-electron chi connectivity index (χ3n) is 4.17. The van der Waals surface area contributed by atoms with Crippen LogP contribution < -0.4 is 10.1 Å². The van der Waals surface area contributed by atoms with Crippen molar-refractivity contribution in [1.82, 2.24) is 19.9 Å². The second-order valence-electron chi connectivity index (χ2n) is 5.88. The number of ether oxygens (including phenoxy) is 1. The van der Waals surface area contributed by atoms with Crippen LogP contribution in [0.4, 0.5) is 5.95 Å². The molecule has 0 amide bonds. The molecule has 6 nitrogen and oxygen atoms in total. The minimum Gasteiger partial charge on any atom is -0.437 e. The Hall–Kier alpha value is -3.25. The summed E-state index contributed by atoms with van der Waals surface area (Å²) in [6.45, 7) is 1.98. The smallest absolute Gasteiger partial charge is 0.228 e. The fourth-order valence-electron chi connectivity index (χ4n) is 2.83. The number of nitrogens with zero attached hydrogens (tertiary/aromatic N) is 4. The van der Waals surface area contributed by atoms with Gasteiger partial charge >= 0.3 is 0 Å². The molecule has 0 saturated carbocycles. The number of hydrogen-bond acceptors (Lipinski definition) is 6. The van der Waals surface area contributed by atoms with Gasteiger partial charge in [0.2, 0.25) is 11.8 Å². The average molecular weight is 378 g/mol. The summed E-state index contributed by atoms with van der Waals surface area (Å²) in [4.78, 5) is 17.2. The number of aromatic nitrogens is 4. The summed E-state index contributed by atoms with van der Waals surface area (Å²) in [5, 5.41) is 5.09. The van der Waals surface area contributed by atoms with Crippen LogP contribution in [0.3, 0.4) is 0 Å². The van der Waals surface area contributed by atoms with Crippen molar-refractivity contribution >= 4 is 28.3 Å². The highest BCUT2D eigenvalue weighted by Crippen LogP contribution is 2.37. The molecule has 0 spiro atoms. The van der Waals surface area contributed by atoms with E-state index in [1.165, 1.54) is 0 Å². The van der Waals surface area contributed by atoms with Gasteiger partial charge in [0.25, 0.3) is 0 Å². The van der Waals surface area contributed by atoms with Crippen molar-refractivity contribution in [2.24, 2.45) is 0 Å². The van der Waals surface area contributed by atoms with Gasteiger partial charge in [0.15, 0.2) is 0 Å². The van der Waals surface area contributed by atoms with Crippen LogP contribution in [-0.4, -0.2) is 27.0 Å². The number of aryl methyl sites for hydroxylation is 1. The van der Waals surface area contributed by atoms with E-state index in [2.05, 4.69) is 25.3 Å². The van der Waals surface area contributed by atoms with Crippen LogP contribution >= 0.6 is 11.6 Å². The zero-order valence-corrected chi connectivity index (χ0v) is 15.5. The molecule has 0 unspecified atom stereocenters. The Kier molecular flexibility index (Phi) is 4.56. The average Bonchev–Trinajstić information content (AvgIpc) is 2.71. The number of benzene rings is 1. The monoisotopic (exact) mass is 377 g/mol. The molecule has 1 aromatic carbocycles. The van der Waals surface area contributed by atoms with Gasteiger partial charge in [-0.05, 0) is 36.8 Å². The first kappa shape index (κ1) is 17.2. The van der Waals surface area contributed by atoms with Crippen molar-refractivity contribution in [3.8, 4) is 22.9 Å². The van der Waals surface area contributed by atoms with Crippen LogP contribution in [0, 0.1) is 6.92 Å². The second-order valence-corrected chi connectivity index (χ2v) is 6.24. The predicted octanol–water partition coefficient (Wildman–Crippen LogP) is 4.88. The minimum atomic E-state index is 0.438. The van der Waals surface area contributed by atoms with Crippen LogP contribution in [0.5, 0.6) is 11.6 Å². The summed E-state index contributed by atoms with van der Waals surface area (Å²) in [6.07, 6.45) is 5.05. The van der Waals surface area contributed by atoms with Gasteiger partial charge in [-0.2, -0.15) is 0 Å². The van der Waals surface area contributed by atoms with Crippen molar-refractivity contribution < 1.29 is 4.74 Å². The summed E-state index contributed by atoms with van der Waals surface area (Å²) in [5.41, 5.74) is 2.46. The molecule has 4 rings (SSSR count). The van der Waals surface area contributed by atoms with Crippen LogP contribution in [0.2, 0.25) is 5.15 Å². The van der Waals surface area contributed by atoms with Gasteiger partial charge in [0, 0.05) is 36.4 Å². The first-order valence-corrected chi connectivity index (χ1v) is 8.73. The number of halogens is 1. The Morgan fingerprint density at radius 2 is 1.78 bits per heavy atom. The molecule has 0 aliphatic heterocycles. The molecule has 0 aliphatic carbocycles. The van der Waals surface area contributed by atoms with Crippen molar-refractivity contribution in [3.05, 3.63) is 65.7 Å². The lowest BCUT2D eigenvalue weighted by atomic mass is 10.1. The quantitative estimate of drug-likeness (QED) is 0.511. The molecule has 3 aromatic heterocycles. The van der Waals surface area contributed by atoms with Crippen molar-refractivity contribution in [1.29, 1.82) is 0 Å². The van der Waals surface area contributed by atoms with E-state index >= 15 is 0 Å². The van der Waals surface area contributed by atoms with Crippen LogP contribution in [-0.2, 0) is 0 Å². The van der Waals surface area contributed by atoms with Gasteiger partial charge in [-0.1, -0.05) is 23.7 Å². The van der Waals surface area contributed by atoms with Crippen LogP contribution in [0.15, 0.2) is 55.0 Å². The molecule has 0 atom stereocenters. The lowest BCUT2D eigenvalue weighted by molar-refractivity contribution is 0.466. The van der Waals surface area contributed by atoms with E-state index in [0.29, 0.717) is 22.7 Å². The number of fused-ring (bicyclic) bond motifs is 1. The Bertz CT molecular complexity index is 1130. The van der Waals surface area contributed by atoms with E-state index in [0.717, 1.165) is 27.6 Å². The molecule has 3 heterocycles. The first-order chi connectivity index (χ1) is 13.2. The van der Waals surface area contributed by atoms with Gasteiger partial charge in [0.05, 0.1) is 11.3 Å². The highest BCUT2D eigenvalue weighted by atomic mass is 35.5. The summed E-state index contributed by atoms with van der Waals surface area (Å²) >= 11 is 6.24. The molecule has 134 valence electrons. The standard InChI is InChI=1S/C20H16ClN5O/c1-12-5-6-14-13(7-10-23-18(14)21)17(12)27-19-15(4-3-9-24-19)16-8-11-25-20(22-2)26-16/h3-11H,1-2H3,(H,22,25,26). The molecular formula is C20H16ClN5O. The van der Waals surface area contributed by atoms with Gasteiger partial charge in [-0.15, -0.1) is 0 Å². The maximum absolute atomic E-state index is 6.26. The second kappa shape index (κ2) is 7.17. The van der Waals surface area contributed by atoms with Gasteiger partial charge < -0.3 is 10.1 Å². The molecule has 4 aromatic rings. The van der Waals surface area contributed by atoms with E-state index < -0.39 is 0 Å². The number of hydrogen-bond donors (Lipinski definition) is 1. The Morgan fingerprint density at radius 1 is 0.926 bits per heavy atom. The fraction of sp³-hybridized carbons (Fsp3) is 0.100.